The third kappa shape index (κ3) is 2.73. The lowest BCUT2D eigenvalue weighted by molar-refractivity contribution is -0.167. The molecule has 3 unspecified atom stereocenters. The predicted molar refractivity (Wildman–Crippen MR) is 59.6 cm³/mol. The van der Waals surface area contributed by atoms with E-state index >= 15 is 0 Å². The zero-order valence-electron chi connectivity index (χ0n) is 10.2. The second kappa shape index (κ2) is 5.13. The van der Waals surface area contributed by atoms with Gasteiger partial charge in [0.25, 0.3) is 0 Å². The Balaban J connectivity index is 2.74. The van der Waals surface area contributed by atoms with Gasteiger partial charge in [-0.3, -0.25) is 0 Å². The second-order valence-electron chi connectivity index (χ2n) is 5.11. The summed E-state index contributed by atoms with van der Waals surface area (Å²) >= 11 is 0. The SMILES string of the molecule is CCC(O)CC1O[C@H](C#N)CC(O)C1(C)C. The monoisotopic (exact) mass is 227 g/mol. The zero-order chi connectivity index (χ0) is 12.3. The van der Waals surface area contributed by atoms with Gasteiger partial charge in [-0.15, -0.1) is 0 Å². The number of aliphatic hydroxyl groups is 2. The van der Waals surface area contributed by atoms with Crippen LogP contribution in [0.25, 0.3) is 0 Å². The fraction of sp³-hybridized carbons (Fsp3) is 0.917. The van der Waals surface area contributed by atoms with E-state index in [1.807, 2.05) is 26.8 Å². The highest BCUT2D eigenvalue weighted by Gasteiger charge is 2.44. The van der Waals surface area contributed by atoms with Gasteiger partial charge in [-0.2, -0.15) is 5.26 Å². The van der Waals surface area contributed by atoms with Gasteiger partial charge in [-0.05, 0) is 6.42 Å². The summed E-state index contributed by atoms with van der Waals surface area (Å²) in [7, 11) is 0. The standard InChI is InChI=1S/C12H21NO3/c1-4-8(14)5-11-12(2,3)10(15)6-9(7-13)16-11/h8-11,14-15H,4-6H2,1-3H3/t8?,9-,10?,11?/m0/s1. The normalized spacial score (nSPS) is 35.4. The Morgan fingerprint density at radius 2 is 2.19 bits per heavy atom. The molecular weight excluding hydrogens is 206 g/mol. The molecule has 1 aliphatic heterocycles. The van der Waals surface area contributed by atoms with Crippen molar-refractivity contribution in [3.05, 3.63) is 0 Å². The van der Waals surface area contributed by atoms with E-state index in [1.165, 1.54) is 0 Å². The third-order valence-corrected chi connectivity index (χ3v) is 3.56. The molecule has 92 valence electrons. The Morgan fingerprint density at radius 1 is 1.56 bits per heavy atom. The number of aliphatic hydroxyl groups excluding tert-OH is 2. The van der Waals surface area contributed by atoms with E-state index < -0.39 is 23.7 Å². The molecule has 0 spiro atoms. The smallest absolute Gasteiger partial charge is 0.146 e. The highest BCUT2D eigenvalue weighted by atomic mass is 16.5. The van der Waals surface area contributed by atoms with E-state index in [2.05, 4.69) is 0 Å². The molecule has 1 aliphatic rings. The van der Waals surface area contributed by atoms with Crippen LogP contribution in [0.5, 0.6) is 0 Å². The molecule has 2 N–H and O–H groups in total. The highest BCUT2D eigenvalue weighted by molar-refractivity contribution is 4.99. The van der Waals surface area contributed by atoms with Gasteiger partial charge in [0.15, 0.2) is 0 Å². The van der Waals surface area contributed by atoms with Crippen LogP contribution in [0.3, 0.4) is 0 Å². The lowest BCUT2D eigenvalue weighted by Crippen LogP contribution is -2.51. The molecule has 1 saturated heterocycles. The summed E-state index contributed by atoms with van der Waals surface area (Å²) in [5.74, 6) is 0. The van der Waals surface area contributed by atoms with Gasteiger partial charge in [0, 0.05) is 18.3 Å². The van der Waals surface area contributed by atoms with Gasteiger partial charge in [-0.1, -0.05) is 20.8 Å². The molecule has 0 aliphatic carbocycles. The quantitative estimate of drug-likeness (QED) is 0.760. The molecule has 1 heterocycles. The van der Waals surface area contributed by atoms with Gasteiger partial charge in [0.2, 0.25) is 0 Å². The first-order valence-electron chi connectivity index (χ1n) is 5.83. The third-order valence-electron chi connectivity index (χ3n) is 3.56. The molecule has 0 aromatic carbocycles. The molecule has 1 rings (SSSR count). The first-order chi connectivity index (χ1) is 7.41. The van der Waals surface area contributed by atoms with Crippen molar-refractivity contribution < 1.29 is 14.9 Å². The minimum absolute atomic E-state index is 0.268. The van der Waals surface area contributed by atoms with E-state index in [0.29, 0.717) is 19.3 Å². The predicted octanol–water partition coefficient (Wildman–Crippen LogP) is 1.22. The first kappa shape index (κ1) is 13.4. The molecule has 0 aromatic heterocycles. The Labute approximate surface area is 96.8 Å². The lowest BCUT2D eigenvalue weighted by atomic mass is 9.74. The van der Waals surface area contributed by atoms with Crippen LogP contribution in [0.15, 0.2) is 0 Å². The van der Waals surface area contributed by atoms with Crippen LogP contribution in [0.1, 0.15) is 40.0 Å². The molecule has 4 nitrogen and oxygen atoms in total. The van der Waals surface area contributed by atoms with Crippen molar-refractivity contribution in [2.24, 2.45) is 5.41 Å². The van der Waals surface area contributed by atoms with Crippen LogP contribution >= 0.6 is 0 Å². The maximum absolute atomic E-state index is 9.98. The Kier molecular flexibility index (Phi) is 4.31. The second-order valence-corrected chi connectivity index (χ2v) is 5.11. The van der Waals surface area contributed by atoms with Crippen molar-refractivity contribution in [1.82, 2.24) is 0 Å². The maximum atomic E-state index is 9.98. The van der Waals surface area contributed by atoms with Crippen molar-refractivity contribution >= 4 is 0 Å². The van der Waals surface area contributed by atoms with Crippen LogP contribution in [-0.2, 0) is 4.74 Å². The van der Waals surface area contributed by atoms with Crippen molar-refractivity contribution in [3.63, 3.8) is 0 Å². The van der Waals surface area contributed by atoms with E-state index in [-0.39, 0.29) is 6.10 Å². The minimum Gasteiger partial charge on any atom is -0.393 e. The lowest BCUT2D eigenvalue weighted by Gasteiger charge is -2.44. The summed E-state index contributed by atoms with van der Waals surface area (Å²) in [6, 6.07) is 2.03. The van der Waals surface area contributed by atoms with Gasteiger partial charge in [0.1, 0.15) is 6.10 Å². The maximum Gasteiger partial charge on any atom is 0.146 e. The molecule has 0 aromatic rings. The van der Waals surface area contributed by atoms with Crippen LogP contribution < -0.4 is 0 Å². The average Bonchev–Trinajstić information content (AvgIpc) is 2.24. The highest BCUT2D eigenvalue weighted by Crippen LogP contribution is 2.38. The number of nitriles is 1. The largest absolute Gasteiger partial charge is 0.393 e. The molecule has 1 fully saturated rings. The minimum atomic E-state index is -0.558. The summed E-state index contributed by atoms with van der Waals surface area (Å²) < 4.78 is 5.61. The summed E-state index contributed by atoms with van der Waals surface area (Å²) in [6.45, 7) is 5.73. The zero-order valence-corrected chi connectivity index (χ0v) is 10.2. The van der Waals surface area contributed by atoms with Gasteiger partial charge in [-0.25, -0.2) is 0 Å². The topological polar surface area (TPSA) is 73.5 Å². The van der Waals surface area contributed by atoms with E-state index in [0.717, 1.165) is 0 Å². The van der Waals surface area contributed by atoms with Crippen LogP contribution in [0, 0.1) is 16.7 Å². The van der Waals surface area contributed by atoms with E-state index in [9.17, 15) is 10.2 Å². The average molecular weight is 227 g/mol. The van der Waals surface area contributed by atoms with Crippen molar-refractivity contribution in [1.29, 1.82) is 5.26 Å². The molecule has 0 radical (unpaired) electrons. The summed E-state index contributed by atoms with van der Waals surface area (Å²) in [5.41, 5.74) is -0.413. The fourth-order valence-electron chi connectivity index (χ4n) is 2.01. The van der Waals surface area contributed by atoms with Gasteiger partial charge >= 0.3 is 0 Å². The summed E-state index contributed by atoms with van der Waals surface area (Å²) in [4.78, 5) is 0. The molecule has 4 atom stereocenters. The summed E-state index contributed by atoms with van der Waals surface area (Å²) in [6.07, 6.45) is -0.341. The van der Waals surface area contributed by atoms with Crippen LogP contribution in [0.2, 0.25) is 0 Å². The van der Waals surface area contributed by atoms with E-state index in [1.54, 1.807) is 0 Å². The number of ether oxygens (including phenoxy) is 1. The summed E-state index contributed by atoms with van der Waals surface area (Å²) in [5, 5.41) is 28.5. The molecule has 0 saturated carbocycles. The Morgan fingerprint density at radius 3 is 2.69 bits per heavy atom. The van der Waals surface area contributed by atoms with Crippen molar-refractivity contribution in [3.8, 4) is 6.07 Å². The number of hydrogen-bond acceptors (Lipinski definition) is 4. The Hall–Kier alpha value is -0.630. The molecular formula is C12H21NO3. The number of nitrogens with zero attached hydrogens (tertiary/aromatic N) is 1. The number of hydrogen-bond donors (Lipinski definition) is 2. The van der Waals surface area contributed by atoms with E-state index in [4.69, 9.17) is 10.00 Å². The van der Waals surface area contributed by atoms with Crippen molar-refractivity contribution in [2.75, 3.05) is 0 Å². The fourth-order valence-corrected chi connectivity index (χ4v) is 2.01. The molecule has 16 heavy (non-hydrogen) atoms. The molecule has 0 amide bonds. The van der Waals surface area contributed by atoms with Gasteiger partial charge < -0.3 is 14.9 Å². The van der Waals surface area contributed by atoms with Crippen LogP contribution in [0.4, 0.5) is 0 Å². The molecule has 4 heteroatoms. The van der Waals surface area contributed by atoms with Crippen LogP contribution in [-0.4, -0.2) is 34.6 Å². The number of rotatable bonds is 3. The van der Waals surface area contributed by atoms with Gasteiger partial charge in [0.05, 0.1) is 24.4 Å². The molecule has 0 bridgehead atoms. The first-order valence-corrected chi connectivity index (χ1v) is 5.83. The Bertz CT molecular complexity index is 272. The van der Waals surface area contributed by atoms with Crippen molar-refractivity contribution in [2.45, 2.75) is 64.4 Å².